The van der Waals surface area contributed by atoms with E-state index < -0.39 is 11.8 Å². The lowest BCUT2D eigenvalue weighted by molar-refractivity contribution is -0.123. The number of anilines is 3. The molecule has 0 unspecified atom stereocenters. The zero-order chi connectivity index (χ0) is 20.6. The van der Waals surface area contributed by atoms with Gasteiger partial charge in [0.1, 0.15) is 6.42 Å². The van der Waals surface area contributed by atoms with Gasteiger partial charge in [-0.15, -0.1) is 0 Å². The molecule has 0 radical (unpaired) electrons. The average molecular weight is 390 g/mol. The van der Waals surface area contributed by atoms with Crippen molar-refractivity contribution >= 4 is 29.1 Å². The Morgan fingerprint density at radius 1 is 1.21 bits per heavy atom. The number of aromatic nitrogens is 4. The Hall–Kier alpha value is -4.26. The molecule has 2 aromatic heterocycles. The fourth-order valence-electron chi connectivity index (χ4n) is 2.47. The molecule has 0 aliphatic rings. The van der Waals surface area contributed by atoms with Crippen LogP contribution in [0.2, 0.25) is 0 Å². The molecule has 0 saturated heterocycles. The molecule has 3 aromatic rings. The normalized spacial score (nSPS) is 10.1. The van der Waals surface area contributed by atoms with Gasteiger partial charge in [0.25, 0.3) is 0 Å². The number of benzene rings is 1. The first-order chi connectivity index (χ1) is 14.0. The van der Waals surface area contributed by atoms with E-state index in [1.807, 2.05) is 19.3 Å². The monoisotopic (exact) mass is 390 g/mol. The minimum Gasteiger partial charge on any atom is -0.346 e. The molecule has 0 saturated carbocycles. The van der Waals surface area contributed by atoms with Gasteiger partial charge in [0.15, 0.2) is 0 Å². The van der Waals surface area contributed by atoms with Gasteiger partial charge in [0, 0.05) is 30.7 Å². The van der Waals surface area contributed by atoms with Gasteiger partial charge < -0.3 is 16.0 Å². The van der Waals surface area contributed by atoms with Crippen LogP contribution in [0.4, 0.5) is 17.3 Å². The van der Waals surface area contributed by atoms with Gasteiger partial charge in [-0.2, -0.15) is 10.4 Å². The molecule has 10 heteroatoms. The smallest absolute Gasteiger partial charge is 0.243 e. The largest absolute Gasteiger partial charge is 0.346 e. The number of aryl methyl sites for hydroxylation is 1. The molecule has 0 bridgehead atoms. The van der Waals surface area contributed by atoms with Gasteiger partial charge in [0.05, 0.1) is 30.2 Å². The number of nitrogens with zero attached hydrogens (tertiary/aromatic N) is 5. The molecular weight excluding hydrogens is 372 g/mol. The second-order valence-corrected chi connectivity index (χ2v) is 6.03. The van der Waals surface area contributed by atoms with Crippen molar-refractivity contribution < 1.29 is 9.59 Å². The number of rotatable bonds is 7. The third-order valence-electron chi connectivity index (χ3n) is 3.74. The fraction of sp³-hybridized carbons (Fsp3) is 0.158. The number of hydrogen-bond acceptors (Lipinski definition) is 7. The molecule has 3 rings (SSSR count). The third kappa shape index (κ3) is 5.61. The number of carbonyl (C=O) groups is 2. The molecule has 0 atom stereocenters. The SMILES string of the molecule is Cn1cc(Nc2nccc(-c3cccc(NC(=O)CNC(=O)CC#N)c3)n2)cn1. The van der Waals surface area contributed by atoms with Gasteiger partial charge >= 0.3 is 0 Å². The molecule has 2 heterocycles. The number of nitriles is 1. The van der Waals surface area contributed by atoms with E-state index in [0.717, 1.165) is 11.3 Å². The fourth-order valence-corrected chi connectivity index (χ4v) is 2.47. The molecule has 2 amide bonds. The van der Waals surface area contributed by atoms with E-state index >= 15 is 0 Å². The van der Waals surface area contributed by atoms with Crippen molar-refractivity contribution in [2.45, 2.75) is 6.42 Å². The summed E-state index contributed by atoms with van der Waals surface area (Å²) in [6.45, 7) is -0.211. The summed E-state index contributed by atoms with van der Waals surface area (Å²) < 4.78 is 1.67. The van der Waals surface area contributed by atoms with Crippen LogP contribution in [-0.2, 0) is 16.6 Å². The van der Waals surface area contributed by atoms with Gasteiger partial charge in [-0.1, -0.05) is 12.1 Å². The summed E-state index contributed by atoms with van der Waals surface area (Å²) >= 11 is 0. The second-order valence-electron chi connectivity index (χ2n) is 6.03. The molecule has 3 N–H and O–H groups in total. The van der Waals surface area contributed by atoms with Crippen LogP contribution in [0.5, 0.6) is 0 Å². The number of nitrogens with one attached hydrogen (secondary N) is 3. The Labute approximate surface area is 166 Å². The van der Waals surface area contributed by atoms with E-state index in [1.165, 1.54) is 0 Å². The lowest BCUT2D eigenvalue weighted by Gasteiger charge is -2.09. The molecule has 29 heavy (non-hydrogen) atoms. The predicted octanol–water partition coefficient (Wildman–Crippen LogP) is 1.59. The molecule has 0 aliphatic carbocycles. The van der Waals surface area contributed by atoms with Crippen molar-refractivity contribution in [3.05, 3.63) is 48.9 Å². The molecule has 146 valence electrons. The first-order valence-electron chi connectivity index (χ1n) is 8.66. The van der Waals surface area contributed by atoms with Crippen LogP contribution < -0.4 is 16.0 Å². The minimum atomic E-state index is -0.494. The second kappa shape index (κ2) is 9.09. The number of amides is 2. The summed E-state index contributed by atoms with van der Waals surface area (Å²) in [5.41, 5.74) is 2.78. The van der Waals surface area contributed by atoms with Crippen LogP contribution in [0, 0.1) is 11.3 Å². The highest BCUT2D eigenvalue weighted by Crippen LogP contribution is 2.22. The van der Waals surface area contributed by atoms with Crippen LogP contribution in [0.15, 0.2) is 48.9 Å². The predicted molar refractivity (Wildman–Crippen MR) is 106 cm³/mol. The zero-order valence-electron chi connectivity index (χ0n) is 15.6. The van der Waals surface area contributed by atoms with E-state index in [-0.39, 0.29) is 13.0 Å². The maximum atomic E-state index is 12.0. The first kappa shape index (κ1) is 19.5. The van der Waals surface area contributed by atoms with Gasteiger partial charge in [0.2, 0.25) is 17.8 Å². The van der Waals surface area contributed by atoms with Gasteiger partial charge in [-0.25, -0.2) is 9.97 Å². The highest BCUT2D eigenvalue weighted by Gasteiger charge is 2.08. The van der Waals surface area contributed by atoms with E-state index in [9.17, 15) is 9.59 Å². The van der Waals surface area contributed by atoms with Crippen molar-refractivity contribution in [1.82, 2.24) is 25.1 Å². The van der Waals surface area contributed by atoms with Gasteiger partial charge in [-0.3, -0.25) is 14.3 Å². The lowest BCUT2D eigenvalue weighted by atomic mass is 10.1. The van der Waals surface area contributed by atoms with Crippen LogP contribution in [-0.4, -0.2) is 38.1 Å². The van der Waals surface area contributed by atoms with Crippen LogP contribution >= 0.6 is 0 Å². The highest BCUT2D eigenvalue weighted by molar-refractivity contribution is 5.95. The summed E-state index contributed by atoms with van der Waals surface area (Å²) in [6, 6.07) is 10.6. The molecule has 0 fully saturated rings. The van der Waals surface area contributed by atoms with Crippen molar-refractivity contribution in [1.29, 1.82) is 5.26 Å². The Morgan fingerprint density at radius 3 is 2.83 bits per heavy atom. The third-order valence-corrected chi connectivity index (χ3v) is 3.74. The summed E-state index contributed by atoms with van der Waals surface area (Å²) in [5, 5.41) is 20.7. The minimum absolute atomic E-state index is 0.211. The highest BCUT2D eigenvalue weighted by atomic mass is 16.2. The quantitative estimate of drug-likeness (QED) is 0.557. The van der Waals surface area contributed by atoms with Gasteiger partial charge in [-0.05, 0) is 18.2 Å². The Bertz CT molecular complexity index is 1070. The summed E-state index contributed by atoms with van der Waals surface area (Å²) in [6.07, 6.45) is 4.83. The molecule has 0 spiro atoms. The Kier molecular flexibility index (Phi) is 6.12. The van der Waals surface area contributed by atoms with Crippen molar-refractivity contribution in [2.24, 2.45) is 7.05 Å². The van der Waals surface area contributed by atoms with E-state index in [0.29, 0.717) is 17.3 Å². The molecule has 10 nitrogen and oxygen atoms in total. The average Bonchev–Trinajstić information content (AvgIpc) is 3.12. The molecular formula is C19H18N8O2. The first-order valence-corrected chi connectivity index (χ1v) is 8.66. The van der Waals surface area contributed by atoms with Crippen LogP contribution in [0.25, 0.3) is 11.3 Å². The summed E-state index contributed by atoms with van der Waals surface area (Å²) in [5.74, 6) is -0.466. The van der Waals surface area contributed by atoms with Crippen LogP contribution in [0.1, 0.15) is 6.42 Å². The van der Waals surface area contributed by atoms with Crippen molar-refractivity contribution in [3.63, 3.8) is 0 Å². The Morgan fingerprint density at radius 2 is 2.07 bits per heavy atom. The Balaban J connectivity index is 1.67. The number of carbonyl (C=O) groups excluding carboxylic acids is 2. The number of hydrogen-bond donors (Lipinski definition) is 3. The topological polar surface area (TPSA) is 138 Å². The van der Waals surface area contributed by atoms with E-state index in [4.69, 9.17) is 5.26 Å². The van der Waals surface area contributed by atoms with E-state index in [1.54, 1.807) is 47.4 Å². The lowest BCUT2D eigenvalue weighted by Crippen LogP contribution is -2.32. The molecule has 1 aromatic carbocycles. The molecule has 0 aliphatic heterocycles. The standard InChI is InChI=1S/C19H18N8O2/c1-27-12-15(10-23-27)25-19-21-8-6-16(26-19)13-3-2-4-14(9-13)24-18(29)11-22-17(28)5-7-20/h2-4,6,8-10,12H,5,11H2,1H3,(H,22,28)(H,24,29)(H,21,25,26). The van der Waals surface area contributed by atoms with Crippen molar-refractivity contribution in [2.75, 3.05) is 17.2 Å². The zero-order valence-corrected chi connectivity index (χ0v) is 15.6. The van der Waals surface area contributed by atoms with Crippen LogP contribution in [0.3, 0.4) is 0 Å². The summed E-state index contributed by atoms with van der Waals surface area (Å²) in [4.78, 5) is 31.9. The van der Waals surface area contributed by atoms with Crippen molar-refractivity contribution in [3.8, 4) is 17.3 Å². The maximum Gasteiger partial charge on any atom is 0.243 e. The van der Waals surface area contributed by atoms with E-state index in [2.05, 4.69) is 31.0 Å². The summed E-state index contributed by atoms with van der Waals surface area (Å²) in [7, 11) is 1.82. The maximum absolute atomic E-state index is 12.0.